The lowest BCUT2D eigenvalue weighted by Crippen LogP contribution is -2.20. The summed E-state index contributed by atoms with van der Waals surface area (Å²) in [7, 11) is 0. The molecule has 6 heteroatoms. The Hall–Kier alpha value is -2.37. The fraction of sp³-hybridized carbons (Fsp3) is 0.100. The van der Waals surface area contributed by atoms with Crippen LogP contribution in [-0.4, -0.2) is 25.3 Å². The van der Waals surface area contributed by atoms with E-state index in [9.17, 15) is 9.59 Å². The number of aromatic nitrogens is 3. The standard InChI is InChI=1S/C10H9N3O3/c14-9(15)2-1-5-12-6-7-13-8(10(12)16)3-4-11-13/h1-4,6-7H,5H2,(H,14,15)/b2-1+. The molecule has 16 heavy (non-hydrogen) atoms. The average Bonchev–Trinajstić information content (AvgIpc) is 2.69. The molecule has 2 heterocycles. The lowest BCUT2D eigenvalue weighted by molar-refractivity contribution is -0.131. The number of carboxylic acid groups (broad SMARTS) is 1. The number of fused-ring (bicyclic) bond motifs is 1. The number of aliphatic carboxylic acids is 1. The molecule has 0 aromatic carbocycles. The molecule has 0 aliphatic heterocycles. The van der Waals surface area contributed by atoms with E-state index in [1.54, 1.807) is 18.5 Å². The van der Waals surface area contributed by atoms with Crippen molar-refractivity contribution in [2.75, 3.05) is 0 Å². The van der Waals surface area contributed by atoms with Crippen LogP contribution in [0.3, 0.4) is 0 Å². The molecule has 0 aliphatic carbocycles. The minimum atomic E-state index is -1.03. The molecule has 0 aliphatic rings. The lowest BCUT2D eigenvalue weighted by atomic mass is 10.4. The molecule has 2 aromatic heterocycles. The van der Waals surface area contributed by atoms with Crippen molar-refractivity contribution in [2.24, 2.45) is 0 Å². The van der Waals surface area contributed by atoms with Crippen LogP contribution in [0.5, 0.6) is 0 Å². The molecular weight excluding hydrogens is 210 g/mol. The van der Waals surface area contributed by atoms with Gasteiger partial charge in [-0.25, -0.2) is 9.31 Å². The van der Waals surface area contributed by atoms with Gasteiger partial charge in [-0.2, -0.15) is 5.10 Å². The third kappa shape index (κ3) is 1.85. The number of hydrogen-bond acceptors (Lipinski definition) is 3. The molecular formula is C10H9N3O3. The monoisotopic (exact) mass is 219 g/mol. The molecule has 0 saturated heterocycles. The van der Waals surface area contributed by atoms with Crippen LogP contribution in [0, 0.1) is 0 Å². The molecule has 2 aromatic rings. The van der Waals surface area contributed by atoms with Crippen molar-refractivity contribution in [3.05, 3.63) is 47.2 Å². The third-order valence-electron chi connectivity index (χ3n) is 2.10. The fourth-order valence-corrected chi connectivity index (χ4v) is 1.37. The molecule has 2 rings (SSSR count). The van der Waals surface area contributed by atoms with Gasteiger partial charge < -0.3 is 9.67 Å². The second kappa shape index (κ2) is 4.01. The topological polar surface area (TPSA) is 76.6 Å². The van der Waals surface area contributed by atoms with Gasteiger partial charge in [0.1, 0.15) is 5.52 Å². The van der Waals surface area contributed by atoms with E-state index >= 15 is 0 Å². The summed E-state index contributed by atoms with van der Waals surface area (Å²) < 4.78 is 2.89. The van der Waals surface area contributed by atoms with Crippen LogP contribution < -0.4 is 5.56 Å². The van der Waals surface area contributed by atoms with Gasteiger partial charge in [0.25, 0.3) is 5.56 Å². The van der Waals surface area contributed by atoms with Crippen LogP contribution in [-0.2, 0) is 11.3 Å². The van der Waals surface area contributed by atoms with Crippen LogP contribution in [0.1, 0.15) is 0 Å². The first kappa shape index (κ1) is 10.2. The summed E-state index contributed by atoms with van der Waals surface area (Å²) in [5, 5.41) is 12.3. The normalized spacial score (nSPS) is 11.2. The van der Waals surface area contributed by atoms with E-state index in [0.29, 0.717) is 5.52 Å². The second-order valence-electron chi connectivity index (χ2n) is 3.16. The van der Waals surface area contributed by atoms with E-state index in [4.69, 9.17) is 5.11 Å². The van der Waals surface area contributed by atoms with Gasteiger partial charge in [0.2, 0.25) is 0 Å². The van der Waals surface area contributed by atoms with Crippen LogP contribution in [0.25, 0.3) is 5.52 Å². The molecule has 82 valence electrons. The van der Waals surface area contributed by atoms with Crippen LogP contribution >= 0.6 is 0 Å². The molecule has 0 saturated carbocycles. The van der Waals surface area contributed by atoms with E-state index in [0.717, 1.165) is 6.08 Å². The highest BCUT2D eigenvalue weighted by Gasteiger charge is 2.01. The quantitative estimate of drug-likeness (QED) is 0.745. The Kier molecular flexibility index (Phi) is 2.55. The Morgan fingerprint density at radius 3 is 3.06 bits per heavy atom. The molecule has 0 spiro atoms. The van der Waals surface area contributed by atoms with Gasteiger partial charge in [-0.05, 0) is 6.07 Å². The van der Waals surface area contributed by atoms with E-state index in [-0.39, 0.29) is 12.1 Å². The van der Waals surface area contributed by atoms with Crippen molar-refractivity contribution < 1.29 is 9.90 Å². The molecule has 0 unspecified atom stereocenters. The van der Waals surface area contributed by atoms with Gasteiger partial charge >= 0.3 is 5.97 Å². The third-order valence-corrected chi connectivity index (χ3v) is 2.10. The molecule has 6 nitrogen and oxygen atoms in total. The first-order valence-electron chi connectivity index (χ1n) is 4.61. The zero-order valence-electron chi connectivity index (χ0n) is 8.28. The largest absolute Gasteiger partial charge is 0.478 e. The first-order chi connectivity index (χ1) is 7.68. The minimum Gasteiger partial charge on any atom is -0.478 e. The maximum absolute atomic E-state index is 11.8. The van der Waals surface area contributed by atoms with Crippen molar-refractivity contribution in [2.45, 2.75) is 6.54 Å². The Morgan fingerprint density at radius 1 is 1.50 bits per heavy atom. The summed E-state index contributed by atoms with van der Waals surface area (Å²) >= 11 is 0. The number of rotatable bonds is 3. The summed E-state index contributed by atoms with van der Waals surface area (Å²) in [6.07, 6.45) is 7.16. The zero-order chi connectivity index (χ0) is 11.5. The van der Waals surface area contributed by atoms with Gasteiger partial charge in [0.05, 0.1) is 6.20 Å². The smallest absolute Gasteiger partial charge is 0.328 e. The predicted octanol–water partition coefficient (Wildman–Crippen LogP) is 0.137. The number of carbonyl (C=O) groups is 1. The van der Waals surface area contributed by atoms with E-state index in [2.05, 4.69) is 5.10 Å². The lowest BCUT2D eigenvalue weighted by Gasteiger charge is -2.01. The van der Waals surface area contributed by atoms with Gasteiger partial charge in [-0.3, -0.25) is 4.79 Å². The van der Waals surface area contributed by atoms with Crippen molar-refractivity contribution >= 4 is 11.5 Å². The van der Waals surface area contributed by atoms with Crippen LogP contribution in [0.2, 0.25) is 0 Å². The first-order valence-corrected chi connectivity index (χ1v) is 4.61. The summed E-state index contributed by atoms with van der Waals surface area (Å²) in [5.41, 5.74) is 0.265. The Bertz CT molecular complexity index is 609. The number of hydrogen-bond donors (Lipinski definition) is 1. The summed E-state index contributed by atoms with van der Waals surface area (Å²) in [6, 6.07) is 1.61. The molecule has 0 atom stereocenters. The fourth-order valence-electron chi connectivity index (χ4n) is 1.37. The van der Waals surface area contributed by atoms with Gasteiger partial charge in [0.15, 0.2) is 0 Å². The Morgan fingerprint density at radius 2 is 2.31 bits per heavy atom. The van der Waals surface area contributed by atoms with E-state index < -0.39 is 5.97 Å². The van der Waals surface area contributed by atoms with Crippen molar-refractivity contribution in [1.29, 1.82) is 0 Å². The van der Waals surface area contributed by atoms with E-state index in [1.807, 2.05) is 0 Å². The molecule has 1 N–H and O–H groups in total. The minimum absolute atomic E-state index is 0.199. The van der Waals surface area contributed by atoms with Crippen LogP contribution in [0.15, 0.2) is 41.6 Å². The zero-order valence-corrected chi connectivity index (χ0v) is 8.28. The molecule has 0 radical (unpaired) electrons. The maximum atomic E-state index is 11.8. The highest BCUT2D eigenvalue weighted by atomic mass is 16.4. The number of allylic oxidation sites excluding steroid dienone is 1. The maximum Gasteiger partial charge on any atom is 0.328 e. The number of nitrogens with zero attached hydrogens (tertiary/aromatic N) is 3. The Labute approximate surface area is 90.1 Å². The van der Waals surface area contributed by atoms with Gasteiger partial charge in [-0.1, -0.05) is 6.08 Å². The van der Waals surface area contributed by atoms with Crippen molar-refractivity contribution in [1.82, 2.24) is 14.2 Å². The predicted molar refractivity (Wildman–Crippen MR) is 56.2 cm³/mol. The van der Waals surface area contributed by atoms with Gasteiger partial charge in [-0.15, -0.1) is 0 Å². The summed E-state index contributed by atoms with van der Waals surface area (Å²) in [6.45, 7) is 0.229. The highest BCUT2D eigenvalue weighted by Crippen LogP contribution is 1.94. The van der Waals surface area contributed by atoms with Crippen LogP contribution in [0.4, 0.5) is 0 Å². The molecule has 0 amide bonds. The van der Waals surface area contributed by atoms with Crippen molar-refractivity contribution in [3.8, 4) is 0 Å². The summed E-state index contributed by atoms with van der Waals surface area (Å²) in [5.74, 6) is -1.03. The SMILES string of the molecule is O=C(O)/C=C/Cn1ccn2nccc2c1=O. The van der Waals surface area contributed by atoms with E-state index in [1.165, 1.54) is 21.4 Å². The highest BCUT2D eigenvalue weighted by molar-refractivity contribution is 5.79. The Balaban J connectivity index is 2.35. The second-order valence-corrected chi connectivity index (χ2v) is 3.16. The molecule has 0 bridgehead atoms. The van der Waals surface area contributed by atoms with Gasteiger partial charge in [0, 0.05) is 25.0 Å². The van der Waals surface area contributed by atoms with Crippen molar-refractivity contribution in [3.63, 3.8) is 0 Å². The average molecular weight is 219 g/mol. The summed E-state index contributed by atoms with van der Waals surface area (Å²) in [4.78, 5) is 22.0. The number of carboxylic acids is 1. The molecule has 0 fully saturated rings.